The van der Waals surface area contributed by atoms with Crippen molar-refractivity contribution < 1.29 is 9.53 Å². The number of aromatic nitrogens is 1. The third-order valence-electron chi connectivity index (χ3n) is 6.08. The normalized spacial score (nSPS) is 18.1. The highest BCUT2D eigenvalue weighted by Gasteiger charge is 2.24. The minimum absolute atomic E-state index is 0.134. The van der Waals surface area contributed by atoms with Crippen LogP contribution < -0.4 is 10.2 Å². The van der Waals surface area contributed by atoms with Crippen molar-refractivity contribution in [3.63, 3.8) is 0 Å². The molecule has 1 amide bonds. The Morgan fingerprint density at radius 3 is 2.77 bits per heavy atom. The highest BCUT2D eigenvalue weighted by Crippen LogP contribution is 2.31. The van der Waals surface area contributed by atoms with Crippen LogP contribution in [-0.4, -0.2) is 61.7 Å². The van der Waals surface area contributed by atoms with Gasteiger partial charge in [-0.1, -0.05) is 18.2 Å². The molecule has 3 heterocycles. The average molecular weight is 441 g/mol. The van der Waals surface area contributed by atoms with Gasteiger partial charge >= 0.3 is 0 Å². The molecule has 7 heteroatoms. The van der Waals surface area contributed by atoms with Crippen LogP contribution in [-0.2, 0) is 4.74 Å². The van der Waals surface area contributed by atoms with Gasteiger partial charge < -0.3 is 19.9 Å². The summed E-state index contributed by atoms with van der Waals surface area (Å²) in [6, 6.07) is 7.97. The van der Waals surface area contributed by atoms with Crippen LogP contribution in [0.1, 0.15) is 47.1 Å². The maximum atomic E-state index is 12.9. The lowest BCUT2D eigenvalue weighted by Crippen LogP contribution is -2.36. The zero-order valence-corrected chi connectivity index (χ0v) is 18.9. The number of ether oxygens (including phenoxy) is 1. The summed E-state index contributed by atoms with van der Waals surface area (Å²) in [5, 5.41) is 6.08. The largest absolute Gasteiger partial charge is 0.378 e. The first-order valence-corrected chi connectivity index (χ1v) is 12.1. The maximum Gasteiger partial charge on any atom is 0.275 e. The second-order valence-corrected chi connectivity index (χ2v) is 9.08. The quantitative estimate of drug-likeness (QED) is 0.488. The van der Waals surface area contributed by atoms with Gasteiger partial charge in [0.2, 0.25) is 0 Å². The van der Waals surface area contributed by atoms with E-state index in [1.807, 2.05) is 29.7 Å². The summed E-state index contributed by atoms with van der Waals surface area (Å²) >= 11 is 1.62. The summed E-state index contributed by atoms with van der Waals surface area (Å²) < 4.78 is 5.46. The highest BCUT2D eigenvalue weighted by atomic mass is 32.1. The lowest BCUT2D eigenvalue weighted by molar-refractivity contribution is 0.102. The highest BCUT2D eigenvalue weighted by molar-refractivity contribution is 7.10. The first-order chi connectivity index (χ1) is 15.2. The van der Waals surface area contributed by atoms with Crippen molar-refractivity contribution >= 4 is 28.6 Å². The second-order valence-electron chi connectivity index (χ2n) is 8.19. The molecule has 2 aliphatic rings. The molecular weight excluding hydrogens is 408 g/mol. The van der Waals surface area contributed by atoms with Crippen molar-refractivity contribution in [3.8, 4) is 0 Å². The van der Waals surface area contributed by atoms with E-state index in [2.05, 4.69) is 27.8 Å². The number of morpholine rings is 1. The second kappa shape index (κ2) is 10.9. The van der Waals surface area contributed by atoms with Crippen LogP contribution >= 0.6 is 11.3 Å². The van der Waals surface area contributed by atoms with E-state index in [9.17, 15) is 4.79 Å². The molecule has 0 atom stereocenters. The number of benzene rings is 1. The zero-order valence-electron chi connectivity index (χ0n) is 18.1. The SMILES string of the molecule is C=CCCCN1CCC(c2nc(C(=O)Nc3ccccc3N3CCOCC3)cs2)CC1. The standard InChI is InChI=1S/C24H32N4O2S/c1-2-3-6-11-27-12-9-19(10-13-27)24-26-21(18-31-24)23(29)25-20-7-4-5-8-22(20)28-14-16-30-17-15-28/h2,4-5,7-8,18-19H,1,3,6,9-17H2,(H,25,29). The summed E-state index contributed by atoms with van der Waals surface area (Å²) in [6.45, 7) is 10.3. The van der Waals surface area contributed by atoms with E-state index in [-0.39, 0.29) is 5.91 Å². The van der Waals surface area contributed by atoms with Gasteiger partial charge in [0.15, 0.2) is 0 Å². The fourth-order valence-corrected chi connectivity index (χ4v) is 5.26. The summed E-state index contributed by atoms with van der Waals surface area (Å²) in [5.41, 5.74) is 2.39. The Hall–Kier alpha value is -2.22. The molecule has 166 valence electrons. The van der Waals surface area contributed by atoms with Crippen LogP contribution in [0.4, 0.5) is 11.4 Å². The molecule has 0 radical (unpaired) electrons. The van der Waals surface area contributed by atoms with Crippen LogP contribution in [0.3, 0.4) is 0 Å². The molecule has 2 aromatic rings. The van der Waals surface area contributed by atoms with Gasteiger partial charge in [-0.2, -0.15) is 0 Å². The number of amides is 1. The molecule has 0 aliphatic carbocycles. The fourth-order valence-electron chi connectivity index (χ4n) is 4.29. The number of carbonyl (C=O) groups excluding carboxylic acids is 1. The van der Waals surface area contributed by atoms with E-state index in [1.54, 1.807) is 11.3 Å². The van der Waals surface area contributed by atoms with Gasteiger partial charge in [0.1, 0.15) is 5.69 Å². The van der Waals surface area contributed by atoms with Crippen LogP contribution in [0.5, 0.6) is 0 Å². The number of para-hydroxylation sites is 2. The van der Waals surface area contributed by atoms with E-state index in [1.165, 1.54) is 6.42 Å². The van der Waals surface area contributed by atoms with E-state index in [0.717, 1.165) is 68.4 Å². The predicted octanol–water partition coefficient (Wildman–Crippen LogP) is 4.38. The number of nitrogens with one attached hydrogen (secondary N) is 1. The third-order valence-corrected chi connectivity index (χ3v) is 7.09. The number of rotatable bonds is 8. The maximum absolute atomic E-state index is 12.9. The Morgan fingerprint density at radius 2 is 2.00 bits per heavy atom. The fraction of sp³-hybridized carbons (Fsp3) is 0.500. The molecule has 0 saturated carbocycles. The van der Waals surface area contributed by atoms with Crippen molar-refractivity contribution in [3.05, 3.63) is 53.0 Å². The molecular formula is C24H32N4O2S. The Bertz CT molecular complexity index is 870. The molecule has 0 unspecified atom stereocenters. The molecule has 6 nitrogen and oxygen atoms in total. The summed E-state index contributed by atoms with van der Waals surface area (Å²) in [6.07, 6.45) is 6.49. The first-order valence-electron chi connectivity index (χ1n) is 11.3. The van der Waals surface area contributed by atoms with Crippen LogP contribution in [0.25, 0.3) is 0 Å². The van der Waals surface area contributed by atoms with Crippen molar-refractivity contribution in [2.24, 2.45) is 0 Å². The molecule has 1 aromatic heterocycles. The Morgan fingerprint density at radius 1 is 1.23 bits per heavy atom. The van der Waals surface area contributed by atoms with Gasteiger partial charge in [-0.15, -0.1) is 17.9 Å². The van der Waals surface area contributed by atoms with E-state index >= 15 is 0 Å². The van der Waals surface area contributed by atoms with Crippen molar-refractivity contribution in [1.29, 1.82) is 0 Å². The van der Waals surface area contributed by atoms with Gasteiger partial charge in [0.05, 0.1) is 29.6 Å². The smallest absolute Gasteiger partial charge is 0.275 e. The molecule has 1 N–H and O–H groups in total. The zero-order chi connectivity index (χ0) is 21.5. The molecule has 2 aliphatic heterocycles. The number of carbonyl (C=O) groups is 1. The van der Waals surface area contributed by atoms with Crippen molar-refractivity contribution in [2.75, 3.05) is 56.2 Å². The van der Waals surface area contributed by atoms with Gasteiger partial charge in [0, 0.05) is 24.4 Å². The third kappa shape index (κ3) is 5.73. The monoisotopic (exact) mass is 440 g/mol. The number of thiazole rings is 1. The molecule has 4 rings (SSSR count). The molecule has 2 saturated heterocycles. The number of piperidine rings is 1. The van der Waals surface area contributed by atoms with Crippen molar-refractivity contribution in [1.82, 2.24) is 9.88 Å². The number of likely N-dealkylation sites (tertiary alicyclic amines) is 1. The van der Waals surface area contributed by atoms with Gasteiger partial charge in [-0.3, -0.25) is 4.79 Å². The van der Waals surface area contributed by atoms with E-state index in [4.69, 9.17) is 9.72 Å². The average Bonchev–Trinajstić information content (AvgIpc) is 3.31. The number of hydrogen-bond donors (Lipinski definition) is 1. The topological polar surface area (TPSA) is 57.7 Å². The minimum Gasteiger partial charge on any atom is -0.378 e. The molecule has 0 bridgehead atoms. The molecule has 31 heavy (non-hydrogen) atoms. The first kappa shape index (κ1) is 22.0. The number of allylic oxidation sites excluding steroid dienone is 1. The number of nitrogens with zero attached hydrogens (tertiary/aromatic N) is 3. The number of anilines is 2. The molecule has 1 aromatic carbocycles. The summed E-state index contributed by atoms with van der Waals surface area (Å²) in [4.78, 5) is 22.4. The molecule has 0 spiro atoms. The van der Waals surface area contributed by atoms with E-state index < -0.39 is 0 Å². The van der Waals surface area contributed by atoms with Gasteiger partial charge in [0.25, 0.3) is 5.91 Å². The van der Waals surface area contributed by atoms with E-state index in [0.29, 0.717) is 24.8 Å². The Balaban J connectivity index is 1.35. The Kier molecular flexibility index (Phi) is 7.72. The van der Waals surface area contributed by atoms with Gasteiger partial charge in [-0.05, 0) is 57.5 Å². The Labute approximate surface area is 188 Å². The van der Waals surface area contributed by atoms with Crippen LogP contribution in [0.2, 0.25) is 0 Å². The minimum atomic E-state index is -0.134. The lowest BCUT2D eigenvalue weighted by atomic mass is 9.97. The summed E-state index contributed by atoms with van der Waals surface area (Å²) in [5.74, 6) is 0.327. The van der Waals surface area contributed by atoms with Gasteiger partial charge in [-0.25, -0.2) is 4.98 Å². The summed E-state index contributed by atoms with van der Waals surface area (Å²) in [7, 11) is 0. The number of hydrogen-bond acceptors (Lipinski definition) is 6. The predicted molar refractivity (Wildman–Crippen MR) is 127 cm³/mol. The van der Waals surface area contributed by atoms with Crippen LogP contribution in [0, 0.1) is 0 Å². The van der Waals surface area contributed by atoms with Crippen LogP contribution in [0.15, 0.2) is 42.3 Å². The molecule has 2 fully saturated rings. The lowest BCUT2D eigenvalue weighted by Gasteiger charge is -2.31. The van der Waals surface area contributed by atoms with Crippen molar-refractivity contribution in [2.45, 2.75) is 31.6 Å². The number of unbranched alkanes of at least 4 members (excludes halogenated alkanes) is 1.